The van der Waals surface area contributed by atoms with E-state index in [4.69, 9.17) is 0 Å². The van der Waals surface area contributed by atoms with Crippen LogP contribution >= 0.6 is 0 Å². The second-order valence-electron chi connectivity index (χ2n) is 5.66. The summed E-state index contributed by atoms with van der Waals surface area (Å²) in [5, 5.41) is 3.40. The van der Waals surface area contributed by atoms with E-state index in [0.717, 1.165) is 17.5 Å². The predicted octanol–water partition coefficient (Wildman–Crippen LogP) is 4.30. The van der Waals surface area contributed by atoms with Gasteiger partial charge in [0.15, 0.2) is 0 Å². The molecule has 0 aliphatic carbocycles. The molecule has 0 aromatic heterocycles. The first-order chi connectivity index (χ1) is 9.95. The molecule has 1 atom stereocenters. The zero-order valence-corrected chi connectivity index (χ0v) is 12.7. The van der Waals surface area contributed by atoms with Crippen LogP contribution in [0.15, 0.2) is 36.4 Å². The molecule has 0 aliphatic rings. The molecule has 1 unspecified atom stereocenters. The Balaban J connectivity index is 1.93. The topological polar surface area (TPSA) is 12.0 Å². The minimum Gasteiger partial charge on any atom is -0.310 e. The number of halogens is 2. The Morgan fingerprint density at radius 1 is 1.00 bits per heavy atom. The molecule has 0 saturated heterocycles. The second kappa shape index (κ2) is 6.81. The molecule has 1 nitrogen and oxygen atoms in total. The van der Waals surface area contributed by atoms with Gasteiger partial charge in [0.05, 0.1) is 0 Å². The minimum absolute atomic E-state index is 0.133. The highest BCUT2D eigenvalue weighted by Crippen LogP contribution is 2.15. The van der Waals surface area contributed by atoms with E-state index in [1.165, 1.54) is 6.07 Å². The van der Waals surface area contributed by atoms with Crippen molar-refractivity contribution in [3.63, 3.8) is 0 Å². The Kier molecular flexibility index (Phi) is 5.07. The van der Waals surface area contributed by atoms with E-state index < -0.39 is 0 Å². The monoisotopic (exact) mass is 289 g/mol. The van der Waals surface area contributed by atoms with E-state index in [2.05, 4.69) is 12.2 Å². The van der Waals surface area contributed by atoms with E-state index in [-0.39, 0.29) is 17.7 Å². The first-order valence-electron chi connectivity index (χ1n) is 7.19. The molecule has 0 aliphatic heterocycles. The SMILES string of the molecule is Cc1cc(CNC(C)Cc2cccc(F)c2)cc(C)c1F. The van der Waals surface area contributed by atoms with Gasteiger partial charge in [0.25, 0.3) is 0 Å². The molecule has 2 rings (SSSR count). The van der Waals surface area contributed by atoms with Crippen molar-refractivity contribution in [3.05, 3.63) is 70.3 Å². The lowest BCUT2D eigenvalue weighted by molar-refractivity contribution is 0.541. The summed E-state index contributed by atoms with van der Waals surface area (Å²) < 4.78 is 26.7. The maximum absolute atomic E-state index is 13.6. The number of benzene rings is 2. The Bertz CT molecular complexity index is 599. The van der Waals surface area contributed by atoms with Gasteiger partial charge in [0.1, 0.15) is 11.6 Å². The summed E-state index contributed by atoms with van der Waals surface area (Å²) >= 11 is 0. The van der Waals surface area contributed by atoms with Crippen LogP contribution in [-0.2, 0) is 13.0 Å². The standard InChI is InChI=1S/C18H21F2N/c1-12-7-16(8-13(2)18(12)20)11-21-14(3)9-15-5-4-6-17(19)10-15/h4-8,10,14,21H,9,11H2,1-3H3. The molecule has 3 heteroatoms. The van der Waals surface area contributed by atoms with Crippen LogP contribution in [0.3, 0.4) is 0 Å². The zero-order valence-electron chi connectivity index (χ0n) is 12.7. The van der Waals surface area contributed by atoms with Gasteiger partial charge in [0.2, 0.25) is 0 Å². The van der Waals surface area contributed by atoms with Gasteiger partial charge in [-0.15, -0.1) is 0 Å². The van der Waals surface area contributed by atoms with Gasteiger partial charge in [0, 0.05) is 12.6 Å². The predicted molar refractivity (Wildman–Crippen MR) is 82.3 cm³/mol. The highest BCUT2D eigenvalue weighted by atomic mass is 19.1. The molecule has 0 bridgehead atoms. The number of hydrogen-bond acceptors (Lipinski definition) is 1. The zero-order chi connectivity index (χ0) is 15.4. The van der Waals surface area contributed by atoms with Crippen molar-refractivity contribution in [2.45, 2.75) is 39.8 Å². The van der Waals surface area contributed by atoms with Crippen molar-refractivity contribution in [2.24, 2.45) is 0 Å². The summed E-state index contributed by atoms with van der Waals surface area (Å²) in [4.78, 5) is 0. The average Bonchev–Trinajstić information content (AvgIpc) is 2.42. The van der Waals surface area contributed by atoms with Crippen molar-refractivity contribution >= 4 is 0 Å². The molecule has 0 fully saturated rings. The lowest BCUT2D eigenvalue weighted by atomic mass is 10.0. The Labute approximate surface area is 125 Å². The largest absolute Gasteiger partial charge is 0.310 e. The number of hydrogen-bond donors (Lipinski definition) is 1. The maximum Gasteiger partial charge on any atom is 0.129 e. The Morgan fingerprint density at radius 2 is 1.67 bits per heavy atom. The van der Waals surface area contributed by atoms with Crippen molar-refractivity contribution in [1.82, 2.24) is 5.32 Å². The van der Waals surface area contributed by atoms with Crippen molar-refractivity contribution < 1.29 is 8.78 Å². The van der Waals surface area contributed by atoms with Crippen LogP contribution in [0.25, 0.3) is 0 Å². The second-order valence-corrected chi connectivity index (χ2v) is 5.66. The van der Waals surface area contributed by atoms with Gasteiger partial charge in [-0.1, -0.05) is 24.3 Å². The van der Waals surface area contributed by atoms with E-state index in [0.29, 0.717) is 17.7 Å². The van der Waals surface area contributed by atoms with Crippen LogP contribution in [0.5, 0.6) is 0 Å². The van der Waals surface area contributed by atoms with Crippen molar-refractivity contribution in [1.29, 1.82) is 0 Å². The highest BCUT2D eigenvalue weighted by molar-refractivity contribution is 5.30. The molecule has 2 aromatic rings. The van der Waals surface area contributed by atoms with E-state index in [1.807, 2.05) is 18.2 Å². The molecule has 0 heterocycles. The van der Waals surface area contributed by atoms with Crippen molar-refractivity contribution in [2.75, 3.05) is 0 Å². The molecule has 0 amide bonds. The highest BCUT2D eigenvalue weighted by Gasteiger charge is 2.07. The third kappa shape index (κ3) is 4.36. The first kappa shape index (κ1) is 15.6. The Hall–Kier alpha value is -1.74. The molecule has 112 valence electrons. The molecule has 21 heavy (non-hydrogen) atoms. The first-order valence-corrected chi connectivity index (χ1v) is 7.19. The molecule has 0 radical (unpaired) electrons. The van der Waals surface area contributed by atoms with Crippen LogP contribution in [0.4, 0.5) is 8.78 Å². The molecule has 1 N–H and O–H groups in total. The van der Waals surface area contributed by atoms with Crippen LogP contribution < -0.4 is 5.32 Å². The Morgan fingerprint density at radius 3 is 2.29 bits per heavy atom. The lowest BCUT2D eigenvalue weighted by Crippen LogP contribution is -2.27. The summed E-state index contributed by atoms with van der Waals surface area (Å²) in [6.45, 7) is 6.30. The fraction of sp³-hybridized carbons (Fsp3) is 0.333. The smallest absolute Gasteiger partial charge is 0.129 e. The third-order valence-electron chi connectivity index (χ3n) is 3.58. The molecule has 0 spiro atoms. The number of rotatable bonds is 5. The van der Waals surface area contributed by atoms with Crippen LogP contribution in [0.2, 0.25) is 0 Å². The fourth-order valence-electron chi connectivity index (χ4n) is 2.52. The van der Waals surface area contributed by atoms with Crippen LogP contribution in [0.1, 0.15) is 29.2 Å². The average molecular weight is 289 g/mol. The summed E-state index contributed by atoms with van der Waals surface area (Å²) in [7, 11) is 0. The van der Waals surface area contributed by atoms with E-state index in [1.54, 1.807) is 26.0 Å². The quantitative estimate of drug-likeness (QED) is 0.865. The lowest BCUT2D eigenvalue weighted by Gasteiger charge is -2.15. The van der Waals surface area contributed by atoms with E-state index >= 15 is 0 Å². The third-order valence-corrected chi connectivity index (χ3v) is 3.58. The van der Waals surface area contributed by atoms with Gasteiger partial charge in [-0.25, -0.2) is 8.78 Å². The molecule has 2 aromatic carbocycles. The van der Waals surface area contributed by atoms with E-state index in [9.17, 15) is 8.78 Å². The maximum atomic E-state index is 13.6. The molecular formula is C18H21F2N. The van der Waals surface area contributed by atoms with Gasteiger partial charge in [-0.05, 0) is 61.6 Å². The van der Waals surface area contributed by atoms with Crippen LogP contribution in [-0.4, -0.2) is 6.04 Å². The molecular weight excluding hydrogens is 268 g/mol. The van der Waals surface area contributed by atoms with Gasteiger partial charge in [-0.2, -0.15) is 0 Å². The fourth-order valence-corrected chi connectivity index (χ4v) is 2.52. The number of nitrogens with one attached hydrogen (secondary N) is 1. The van der Waals surface area contributed by atoms with Crippen molar-refractivity contribution in [3.8, 4) is 0 Å². The minimum atomic E-state index is -0.204. The normalized spacial score (nSPS) is 12.4. The summed E-state index contributed by atoms with van der Waals surface area (Å²) in [6, 6.07) is 10.6. The summed E-state index contributed by atoms with van der Waals surface area (Å²) in [5.41, 5.74) is 3.38. The summed E-state index contributed by atoms with van der Waals surface area (Å²) in [5.74, 6) is -0.337. The molecule has 0 saturated carbocycles. The van der Waals surface area contributed by atoms with Gasteiger partial charge >= 0.3 is 0 Å². The van der Waals surface area contributed by atoms with Gasteiger partial charge < -0.3 is 5.32 Å². The van der Waals surface area contributed by atoms with Gasteiger partial charge in [-0.3, -0.25) is 0 Å². The number of aryl methyl sites for hydroxylation is 2. The van der Waals surface area contributed by atoms with Crippen LogP contribution in [0, 0.1) is 25.5 Å². The summed E-state index contributed by atoms with van der Waals surface area (Å²) in [6.07, 6.45) is 0.761.